The topological polar surface area (TPSA) is 37.9 Å². The Hall–Kier alpha value is -2.50. The van der Waals surface area contributed by atoms with Crippen LogP contribution in [0.15, 0.2) is 42.5 Å². The molecule has 0 aliphatic heterocycles. The summed E-state index contributed by atoms with van der Waals surface area (Å²) in [4.78, 5) is 7.28. The standard InChI is InChI=1S/C14H9F3N2O/c15-9-5-8(6-10(7-9)20-14(16)17)13-18-11-3-1-2-4-12(11)19-13/h1-7,14H,(H,18,19). The lowest BCUT2D eigenvalue weighted by atomic mass is 10.2. The number of benzene rings is 2. The van der Waals surface area contributed by atoms with Gasteiger partial charge in [0.05, 0.1) is 11.0 Å². The van der Waals surface area contributed by atoms with E-state index in [0.717, 1.165) is 11.6 Å². The number of hydrogen-bond donors (Lipinski definition) is 1. The molecule has 3 rings (SSSR count). The molecule has 0 saturated heterocycles. The first-order valence-corrected chi connectivity index (χ1v) is 5.82. The van der Waals surface area contributed by atoms with Crippen molar-refractivity contribution in [3.05, 3.63) is 48.3 Å². The van der Waals surface area contributed by atoms with Gasteiger partial charge in [0.1, 0.15) is 17.4 Å². The van der Waals surface area contributed by atoms with Gasteiger partial charge in [0.15, 0.2) is 0 Å². The zero-order valence-corrected chi connectivity index (χ0v) is 10.1. The summed E-state index contributed by atoms with van der Waals surface area (Å²) in [6.45, 7) is -3.00. The summed E-state index contributed by atoms with van der Waals surface area (Å²) >= 11 is 0. The number of aromatic amines is 1. The van der Waals surface area contributed by atoms with E-state index in [-0.39, 0.29) is 5.75 Å². The number of nitrogens with zero attached hydrogens (tertiary/aromatic N) is 1. The zero-order chi connectivity index (χ0) is 14.1. The molecular weight excluding hydrogens is 269 g/mol. The predicted molar refractivity (Wildman–Crippen MR) is 68.1 cm³/mol. The van der Waals surface area contributed by atoms with Crippen molar-refractivity contribution in [1.82, 2.24) is 9.97 Å². The summed E-state index contributed by atoms with van der Waals surface area (Å²) in [5.41, 5.74) is 1.84. The van der Waals surface area contributed by atoms with Crippen LogP contribution in [0.4, 0.5) is 13.2 Å². The van der Waals surface area contributed by atoms with Crippen molar-refractivity contribution >= 4 is 11.0 Å². The number of rotatable bonds is 3. The van der Waals surface area contributed by atoms with Crippen LogP contribution in [0.3, 0.4) is 0 Å². The summed E-state index contributed by atoms with van der Waals surface area (Å²) < 4.78 is 42.0. The molecule has 0 radical (unpaired) electrons. The average Bonchev–Trinajstić information content (AvgIpc) is 2.80. The number of ether oxygens (including phenoxy) is 1. The molecule has 0 bridgehead atoms. The Labute approximate surface area is 112 Å². The van der Waals surface area contributed by atoms with Gasteiger partial charge in [0.2, 0.25) is 0 Å². The van der Waals surface area contributed by atoms with Crippen molar-refractivity contribution in [2.45, 2.75) is 6.61 Å². The van der Waals surface area contributed by atoms with Crippen molar-refractivity contribution in [3.63, 3.8) is 0 Å². The van der Waals surface area contributed by atoms with E-state index in [9.17, 15) is 13.2 Å². The fourth-order valence-corrected chi connectivity index (χ4v) is 1.96. The van der Waals surface area contributed by atoms with Crippen LogP contribution >= 0.6 is 0 Å². The highest BCUT2D eigenvalue weighted by Gasteiger charge is 2.11. The maximum Gasteiger partial charge on any atom is 0.387 e. The van der Waals surface area contributed by atoms with E-state index in [4.69, 9.17) is 0 Å². The molecule has 3 nitrogen and oxygen atoms in total. The van der Waals surface area contributed by atoms with Crippen LogP contribution in [0.2, 0.25) is 0 Å². The molecule has 0 unspecified atom stereocenters. The smallest absolute Gasteiger partial charge is 0.387 e. The van der Waals surface area contributed by atoms with E-state index >= 15 is 0 Å². The molecule has 102 valence electrons. The molecule has 0 spiro atoms. The third-order valence-electron chi connectivity index (χ3n) is 2.76. The third kappa shape index (κ3) is 2.45. The Morgan fingerprint density at radius 3 is 2.65 bits per heavy atom. The van der Waals surface area contributed by atoms with E-state index in [1.807, 2.05) is 18.2 Å². The fourth-order valence-electron chi connectivity index (χ4n) is 1.96. The lowest BCUT2D eigenvalue weighted by Gasteiger charge is -2.06. The van der Waals surface area contributed by atoms with Crippen LogP contribution in [-0.4, -0.2) is 16.6 Å². The lowest BCUT2D eigenvalue weighted by Crippen LogP contribution is -2.02. The maximum atomic E-state index is 13.5. The second-order valence-corrected chi connectivity index (χ2v) is 4.16. The molecule has 0 fully saturated rings. The van der Waals surface area contributed by atoms with E-state index in [2.05, 4.69) is 14.7 Å². The number of aromatic nitrogens is 2. The first kappa shape index (κ1) is 12.5. The lowest BCUT2D eigenvalue weighted by molar-refractivity contribution is -0.0499. The van der Waals surface area contributed by atoms with E-state index in [1.165, 1.54) is 12.1 Å². The largest absolute Gasteiger partial charge is 0.435 e. The van der Waals surface area contributed by atoms with Crippen LogP contribution in [0.1, 0.15) is 0 Å². The Morgan fingerprint density at radius 1 is 1.10 bits per heavy atom. The van der Waals surface area contributed by atoms with Gasteiger partial charge >= 0.3 is 6.61 Å². The van der Waals surface area contributed by atoms with Gasteiger partial charge in [-0.15, -0.1) is 0 Å². The van der Waals surface area contributed by atoms with Crippen LogP contribution in [0.25, 0.3) is 22.4 Å². The van der Waals surface area contributed by atoms with Gasteiger partial charge < -0.3 is 9.72 Å². The number of alkyl halides is 2. The molecule has 3 aromatic rings. The van der Waals surface area contributed by atoms with E-state index < -0.39 is 12.4 Å². The van der Waals surface area contributed by atoms with E-state index in [1.54, 1.807) is 6.07 Å². The number of hydrogen-bond acceptors (Lipinski definition) is 2. The van der Waals surface area contributed by atoms with Crippen LogP contribution in [-0.2, 0) is 0 Å². The van der Waals surface area contributed by atoms with Crippen LogP contribution in [0, 0.1) is 5.82 Å². The molecular formula is C14H9F3N2O. The minimum Gasteiger partial charge on any atom is -0.435 e. The van der Waals surface area contributed by atoms with Crippen molar-refractivity contribution in [3.8, 4) is 17.1 Å². The van der Waals surface area contributed by atoms with E-state index in [0.29, 0.717) is 16.9 Å². The number of imidazole rings is 1. The second-order valence-electron chi connectivity index (χ2n) is 4.16. The predicted octanol–water partition coefficient (Wildman–Crippen LogP) is 3.97. The Bertz CT molecular complexity index is 722. The molecule has 0 saturated carbocycles. The minimum atomic E-state index is -3.00. The van der Waals surface area contributed by atoms with Gasteiger partial charge in [0, 0.05) is 11.6 Å². The normalized spacial score (nSPS) is 11.2. The Kier molecular flexibility index (Phi) is 3.06. The van der Waals surface area contributed by atoms with Gasteiger partial charge in [0.25, 0.3) is 0 Å². The maximum absolute atomic E-state index is 13.5. The van der Waals surface area contributed by atoms with Gasteiger partial charge in [-0.05, 0) is 24.3 Å². The van der Waals surface area contributed by atoms with Gasteiger partial charge in [-0.25, -0.2) is 9.37 Å². The van der Waals surface area contributed by atoms with Crippen molar-refractivity contribution in [1.29, 1.82) is 0 Å². The van der Waals surface area contributed by atoms with Gasteiger partial charge in [-0.1, -0.05) is 12.1 Å². The van der Waals surface area contributed by atoms with Crippen LogP contribution in [0.5, 0.6) is 5.75 Å². The number of fused-ring (bicyclic) bond motifs is 1. The third-order valence-corrected chi connectivity index (χ3v) is 2.76. The quantitative estimate of drug-likeness (QED) is 0.787. The molecule has 2 aromatic carbocycles. The molecule has 20 heavy (non-hydrogen) atoms. The van der Waals surface area contributed by atoms with Crippen molar-refractivity contribution in [2.75, 3.05) is 0 Å². The average molecular weight is 278 g/mol. The molecule has 1 N–H and O–H groups in total. The second kappa shape index (κ2) is 4.88. The molecule has 0 aliphatic rings. The highest BCUT2D eigenvalue weighted by Crippen LogP contribution is 2.26. The number of H-pyrrole nitrogens is 1. The fraction of sp³-hybridized carbons (Fsp3) is 0.0714. The van der Waals surface area contributed by atoms with Crippen molar-refractivity contribution in [2.24, 2.45) is 0 Å². The molecule has 1 heterocycles. The first-order valence-electron chi connectivity index (χ1n) is 5.82. The summed E-state index contributed by atoms with van der Waals surface area (Å²) in [5, 5.41) is 0. The molecule has 0 atom stereocenters. The summed E-state index contributed by atoms with van der Waals surface area (Å²) in [5.74, 6) is -0.515. The SMILES string of the molecule is Fc1cc(OC(F)F)cc(-c2nc3ccccc3[nH]2)c1. The van der Waals surface area contributed by atoms with Gasteiger partial charge in [-0.3, -0.25) is 0 Å². The first-order chi connectivity index (χ1) is 9.61. The molecule has 6 heteroatoms. The molecule has 1 aromatic heterocycles. The number of halogens is 3. The van der Waals surface area contributed by atoms with Crippen LogP contribution < -0.4 is 4.74 Å². The Morgan fingerprint density at radius 2 is 1.90 bits per heavy atom. The highest BCUT2D eigenvalue weighted by atomic mass is 19.3. The number of para-hydroxylation sites is 2. The highest BCUT2D eigenvalue weighted by molar-refractivity contribution is 5.79. The summed E-state index contributed by atoms with van der Waals surface area (Å²) in [6.07, 6.45) is 0. The summed E-state index contributed by atoms with van der Waals surface area (Å²) in [6, 6.07) is 10.7. The van der Waals surface area contributed by atoms with Crippen molar-refractivity contribution < 1.29 is 17.9 Å². The monoisotopic (exact) mass is 278 g/mol. The zero-order valence-electron chi connectivity index (χ0n) is 10.1. The minimum absolute atomic E-state index is 0.240. The Balaban J connectivity index is 2.06. The van der Waals surface area contributed by atoms with Gasteiger partial charge in [-0.2, -0.15) is 8.78 Å². The molecule has 0 aliphatic carbocycles. The molecule has 0 amide bonds. The number of nitrogens with one attached hydrogen (secondary N) is 1. The summed E-state index contributed by atoms with van der Waals surface area (Å²) in [7, 11) is 0.